The van der Waals surface area contributed by atoms with Gasteiger partial charge in [0.1, 0.15) is 12.4 Å². The number of benzene rings is 1. The maximum absolute atomic E-state index is 6.33. The molecule has 8 nitrogen and oxygen atoms in total. The van der Waals surface area contributed by atoms with Crippen LogP contribution in [0.3, 0.4) is 0 Å². The van der Waals surface area contributed by atoms with E-state index < -0.39 is 0 Å². The van der Waals surface area contributed by atoms with Gasteiger partial charge >= 0.3 is 6.01 Å². The molecule has 0 amide bonds. The zero-order valence-electron chi connectivity index (χ0n) is 22.2. The quantitative estimate of drug-likeness (QED) is 0.644. The van der Waals surface area contributed by atoms with Gasteiger partial charge in [0.2, 0.25) is 0 Å². The van der Waals surface area contributed by atoms with Crippen molar-refractivity contribution in [2.24, 2.45) is 0 Å². The van der Waals surface area contributed by atoms with Gasteiger partial charge in [0.15, 0.2) is 0 Å². The summed E-state index contributed by atoms with van der Waals surface area (Å²) in [5.74, 6) is 1.12. The Kier molecular flexibility index (Phi) is 6.31. The Labute approximate surface area is 220 Å². The number of fused-ring (bicyclic) bond motifs is 4. The van der Waals surface area contributed by atoms with Crippen molar-refractivity contribution in [1.82, 2.24) is 25.1 Å². The van der Waals surface area contributed by atoms with E-state index in [1.54, 1.807) is 0 Å². The Bertz CT molecular complexity index is 1130. The number of likely N-dealkylation sites (tertiary alicyclic amines) is 1. The van der Waals surface area contributed by atoms with Crippen LogP contribution in [0.1, 0.15) is 66.6 Å². The maximum atomic E-state index is 6.33. The predicted octanol–water partition coefficient (Wildman–Crippen LogP) is 3.08. The molecule has 5 heterocycles. The number of aromatic nitrogens is 2. The lowest BCUT2D eigenvalue weighted by molar-refractivity contribution is 0.0732. The second kappa shape index (κ2) is 9.80. The minimum absolute atomic E-state index is 0.169. The standard InChI is InChI=1S/C29H40N6O2/c1-33-12-5-6-21(33)18-37-29-31-25-17-34(26-14-27(36-2)23-8-4-3-7-22(23)26)13-11-24(25)28(32-29)35-15-19-9-10-20(16-35)30-19/h3-4,7-8,19-21,26-27,30H,5-6,9-18H2,1-2H3/t19-,20+,21-,26?,27?/m0/s1. The van der Waals surface area contributed by atoms with E-state index in [0.717, 1.165) is 57.1 Å². The van der Waals surface area contributed by atoms with Crippen molar-refractivity contribution in [3.63, 3.8) is 0 Å². The summed E-state index contributed by atoms with van der Waals surface area (Å²) in [5.41, 5.74) is 5.23. The number of methoxy groups -OCH3 is 1. The third-order valence-electron chi connectivity index (χ3n) is 9.51. The van der Waals surface area contributed by atoms with Gasteiger partial charge in [-0.2, -0.15) is 9.97 Å². The van der Waals surface area contributed by atoms with Crippen LogP contribution < -0.4 is 15.0 Å². The van der Waals surface area contributed by atoms with Crippen LogP contribution in [0, 0.1) is 0 Å². The molecule has 3 fully saturated rings. The molecule has 1 aromatic heterocycles. The fourth-order valence-electron chi connectivity index (χ4n) is 7.46. The molecular formula is C29H40N6O2. The van der Waals surface area contributed by atoms with Crippen LogP contribution >= 0.6 is 0 Å². The van der Waals surface area contributed by atoms with Crippen LogP contribution in [0.4, 0.5) is 5.82 Å². The Morgan fingerprint density at radius 1 is 1.03 bits per heavy atom. The zero-order chi connectivity index (χ0) is 24.9. The average molecular weight is 505 g/mol. The fourth-order valence-corrected chi connectivity index (χ4v) is 7.46. The number of likely N-dealkylation sites (N-methyl/N-ethyl adjacent to an activating group) is 1. The molecule has 37 heavy (non-hydrogen) atoms. The molecule has 8 heteroatoms. The number of nitrogens with one attached hydrogen (secondary N) is 1. The van der Waals surface area contributed by atoms with Crippen molar-refractivity contribution in [3.05, 3.63) is 46.6 Å². The van der Waals surface area contributed by atoms with Crippen LogP contribution in [-0.2, 0) is 17.7 Å². The number of anilines is 1. The van der Waals surface area contributed by atoms with Crippen molar-refractivity contribution in [2.45, 2.75) is 75.3 Å². The first-order valence-corrected chi connectivity index (χ1v) is 14.3. The van der Waals surface area contributed by atoms with Crippen LogP contribution in [0.2, 0.25) is 0 Å². The van der Waals surface area contributed by atoms with Crippen LogP contribution in [0.5, 0.6) is 6.01 Å². The topological polar surface area (TPSA) is 66.0 Å². The van der Waals surface area contributed by atoms with E-state index >= 15 is 0 Å². The summed E-state index contributed by atoms with van der Waals surface area (Å²) in [6.07, 6.45) is 7.11. The lowest BCUT2D eigenvalue weighted by Gasteiger charge is -2.38. The van der Waals surface area contributed by atoms with Gasteiger partial charge < -0.3 is 24.6 Å². The molecule has 4 aliphatic heterocycles. The molecule has 0 radical (unpaired) electrons. The van der Waals surface area contributed by atoms with Gasteiger partial charge in [-0.05, 0) is 63.2 Å². The Hall–Kier alpha value is -2.26. The predicted molar refractivity (Wildman–Crippen MR) is 143 cm³/mol. The van der Waals surface area contributed by atoms with E-state index in [0.29, 0.717) is 36.8 Å². The van der Waals surface area contributed by atoms with Gasteiger partial charge in [-0.15, -0.1) is 0 Å². The zero-order valence-corrected chi connectivity index (χ0v) is 22.2. The normalized spacial score (nSPS) is 31.5. The first-order valence-electron chi connectivity index (χ1n) is 14.3. The van der Waals surface area contributed by atoms with Gasteiger partial charge in [0.25, 0.3) is 0 Å². The van der Waals surface area contributed by atoms with Gasteiger partial charge in [-0.1, -0.05) is 24.3 Å². The first-order chi connectivity index (χ1) is 18.2. The summed E-state index contributed by atoms with van der Waals surface area (Å²) in [5, 5.41) is 3.77. The number of ether oxygens (including phenoxy) is 2. The van der Waals surface area contributed by atoms with Crippen molar-refractivity contribution < 1.29 is 9.47 Å². The number of hydrogen-bond acceptors (Lipinski definition) is 8. The highest BCUT2D eigenvalue weighted by Crippen LogP contribution is 2.45. The number of piperazine rings is 1. The van der Waals surface area contributed by atoms with E-state index in [1.165, 1.54) is 42.4 Å². The molecule has 1 aliphatic carbocycles. The van der Waals surface area contributed by atoms with E-state index in [1.807, 2.05) is 7.11 Å². The van der Waals surface area contributed by atoms with Gasteiger partial charge in [0, 0.05) is 63.0 Å². The van der Waals surface area contributed by atoms with Crippen molar-refractivity contribution in [1.29, 1.82) is 0 Å². The third kappa shape index (κ3) is 4.42. The molecule has 5 aliphatic rings. The molecule has 2 bridgehead atoms. The molecule has 198 valence electrons. The molecule has 2 unspecified atom stereocenters. The largest absolute Gasteiger partial charge is 0.462 e. The summed E-state index contributed by atoms with van der Waals surface area (Å²) in [7, 11) is 4.03. The van der Waals surface area contributed by atoms with Crippen LogP contribution in [0.25, 0.3) is 0 Å². The molecule has 3 saturated heterocycles. The monoisotopic (exact) mass is 504 g/mol. The summed E-state index contributed by atoms with van der Waals surface area (Å²) in [6.45, 7) is 5.72. The van der Waals surface area contributed by atoms with Gasteiger partial charge in [0.05, 0.1) is 11.8 Å². The highest BCUT2D eigenvalue weighted by Gasteiger charge is 2.39. The Morgan fingerprint density at radius 2 is 1.84 bits per heavy atom. The summed E-state index contributed by atoms with van der Waals surface area (Å²) in [4.78, 5) is 17.7. The Balaban J connectivity index is 1.18. The summed E-state index contributed by atoms with van der Waals surface area (Å²) < 4.78 is 12.2. The molecule has 5 atom stereocenters. The molecule has 1 aromatic carbocycles. The van der Waals surface area contributed by atoms with Crippen molar-refractivity contribution >= 4 is 5.82 Å². The Morgan fingerprint density at radius 3 is 2.59 bits per heavy atom. The minimum atomic E-state index is 0.169. The van der Waals surface area contributed by atoms with Crippen LogP contribution in [0.15, 0.2) is 24.3 Å². The molecule has 2 aromatic rings. The molecule has 1 N–H and O–H groups in total. The van der Waals surface area contributed by atoms with E-state index in [4.69, 9.17) is 19.4 Å². The fraction of sp³-hybridized carbons (Fsp3) is 0.655. The maximum Gasteiger partial charge on any atom is 0.318 e. The molecule has 0 saturated carbocycles. The second-order valence-electron chi connectivity index (χ2n) is 11.7. The molecule has 0 spiro atoms. The van der Waals surface area contributed by atoms with E-state index in [9.17, 15) is 0 Å². The summed E-state index contributed by atoms with van der Waals surface area (Å²) in [6, 6.07) is 11.3. The number of nitrogens with zero attached hydrogens (tertiary/aromatic N) is 5. The molecular weight excluding hydrogens is 464 g/mol. The lowest BCUT2D eigenvalue weighted by Crippen LogP contribution is -2.52. The SMILES string of the molecule is COC1CC(N2CCc3c(nc(OC[C@@H]4CCCN4C)nc3N3C[C@H]4CC[C@@H](C3)N4)C2)c2ccccc21. The third-order valence-corrected chi connectivity index (χ3v) is 9.51. The van der Waals surface area contributed by atoms with Crippen LogP contribution in [-0.4, -0.2) is 84.8 Å². The van der Waals surface area contributed by atoms with Gasteiger partial charge in [-0.3, -0.25) is 4.90 Å². The average Bonchev–Trinajstić information content (AvgIpc) is 3.62. The smallest absolute Gasteiger partial charge is 0.318 e. The highest BCUT2D eigenvalue weighted by atomic mass is 16.5. The van der Waals surface area contributed by atoms with E-state index in [-0.39, 0.29) is 6.10 Å². The van der Waals surface area contributed by atoms with Crippen molar-refractivity contribution in [2.75, 3.05) is 51.8 Å². The minimum Gasteiger partial charge on any atom is -0.462 e. The second-order valence-corrected chi connectivity index (χ2v) is 11.7. The first kappa shape index (κ1) is 23.8. The van der Waals surface area contributed by atoms with Gasteiger partial charge in [-0.25, -0.2) is 0 Å². The highest BCUT2D eigenvalue weighted by molar-refractivity contribution is 5.52. The van der Waals surface area contributed by atoms with E-state index in [2.05, 4.69) is 51.3 Å². The van der Waals surface area contributed by atoms with Crippen molar-refractivity contribution in [3.8, 4) is 6.01 Å². The lowest BCUT2D eigenvalue weighted by atomic mass is 10.00. The summed E-state index contributed by atoms with van der Waals surface area (Å²) >= 11 is 0. The number of rotatable bonds is 6. The molecule has 7 rings (SSSR count). The number of hydrogen-bond donors (Lipinski definition) is 1.